The lowest BCUT2D eigenvalue weighted by atomic mass is 10.1. The van der Waals surface area contributed by atoms with Crippen LogP contribution in [0.5, 0.6) is 0 Å². The van der Waals surface area contributed by atoms with Gasteiger partial charge in [0, 0.05) is 19.2 Å². The molecule has 5 rings (SSSR count). The third-order valence-corrected chi connectivity index (χ3v) is 6.85. The van der Waals surface area contributed by atoms with Gasteiger partial charge >= 0.3 is 17.8 Å². The average molecular weight is 629 g/mol. The van der Waals surface area contributed by atoms with Crippen LogP contribution >= 0.6 is 0 Å². The quantitative estimate of drug-likeness (QED) is 0.151. The normalized spacial score (nSPS) is 22.2. The Kier molecular flexibility index (Phi) is 8.43. The van der Waals surface area contributed by atoms with E-state index in [1.165, 1.54) is 33.5 Å². The molecule has 17 heteroatoms. The second-order valence-electron chi connectivity index (χ2n) is 11.9. The summed E-state index contributed by atoms with van der Waals surface area (Å²) in [5.41, 5.74) is 9.17. The number of imidazole rings is 1. The van der Waals surface area contributed by atoms with Gasteiger partial charge in [-0.2, -0.15) is 4.98 Å². The second kappa shape index (κ2) is 12.0. The van der Waals surface area contributed by atoms with Crippen LogP contribution < -0.4 is 27.8 Å². The summed E-state index contributed by atoms with van der Waals surface area (Å²) in [5.74, 6) is -1.53. The number of aromatic amines is 1. The fourth-order valence-corrected chi connectivity index (χ4v) is 5.19. The number of rotatable bonds is 9. The van der Waals surface area contributed by atoms with E-state index in [9.17, 15) is 19.2 Å². The molecule has 17 nitrogen and oxygen atoms in total. The molecule has 5 heterocycles. The van der Waals surface area contributed by atoms with E-state index in [1.54, 1.807) is 34.6 Å². The third kappa shape index (κ3) is 6.69. The van der Waals surface area contributed by atoms with Crippen LogP contribution in [0, 0.1) is 0 Å². The Labute approximate surface area is 256 Å². The van der Waals surface area contributed by atoms with Crippen LogP contribution in [0.1, 0.15) is 57.6 Å². The van der Waals surface area contributed by atoms with Gasteiger partial charge < -0.3 is 29.4 Å². The fourth-order valence-electron chi connectivity index (χ4n) is 5.19. The van der Waals surface area contributed by atoms with Crippen molar-refractivity contribution in [3.63, 3.8) is 0 Å². The van der Waals surface area contributed by atoms with E-state index in [1.807, 2.05) is 0 Å². The molecule has 0 aromatic carbocycles. The fraction of sp³-hybridized carbons (Fsp3) is 0.500. The number of allylic oxidation sites excluding steroid dienone is 1. The highest BCUT2D eigenvalue weighted by Gasteiger charge is 2.56. The van der Waals surface area contributed by atoms with E-state index in [0.29, 0.717) is 0 Å². The van der Waals surface area contributed by atoms with Gasteiger partial charge in [0.15, 0.2) is 23.2 Å². The molecule has 45 heavy (non-hydrogen) atoms. The number of carbonyl (C=O) groups excluding carboxylic acids is 2. The molecule has 1 unspecified atom stereocenters. The van der Waals surface area contributed by atoms with Crippen LogP contribution in [-0.2, 0) is 30.2 Å². The molecule has 2 aliphatic rings. The molecule has 0 saturated carbocycles. The van der Waals surface area contributed by atoms with Crippen molar-refractivity contribution in [2.24, 2.45) is 0 Å². The number of amides is 1. The standard InChI is InChI=1S/C28H36N8O9/c1-7-11-35-17-20(31-24(29)32-21(17)37)36(26(35)40)22-19-18(43-28(5,6)44-19)15(42-22)10-12-41-23(38)14-8-9-16(30-13-14)33-34-25(39)45-27(2,3)4/h7-9,13,15,18-19,22H,1,10-12H2,2-6H3,(H,30,33)(H,34,39)(H3,29,31,32,37)/t15-,18-,19-,22?/m1/s1. The monoisotopic (exact) mass is 628 g/mol. The van der Waals surface area contributed by atoms with Crippen LogP contribution in [0.2, 0.25) is 0 Å². The Morgan fingerprint density at radius 3 is 2.62 bits per heavy atom. The Morgan fingerprint density at radius 2 is 1.96 bits per heavy atom. The Bertz CT molecular complexity index is 1720. The van der Waals surface area contributed by atoms with Crippen LogP contribution in [0.3, 0.4) is 0 Å². The summed E-state index contributed by atoms with van der Waals surface area (Å²) >= 11 is 0. The highest BCUT2D eigenvalue weighted by atomic mass is 16.8. The van der Waals surface area contributed by atoms with Gasteiger partial charge in [-0.25, -0.2) is 29.4 Å². The van der Waals surface area contributed by atoms with Crippen LogP contribution in [-0.4, -0.2) is 72.5 Å². The molecule has 3 aromatic rings. The van der Waals surface area contributed by atoms with Crippen molar-refractivity contribution in [1.29, 1.82) is 0 Å². The minimum atomic E-state index is -1.02. The van der Waals surface area contributed by atoms with Crippen molar-refractivity contribution in [3.05, 3.63) is 57.4 Å². The van der Waals surface area contributed by atoms with Gasteiger partial charge in [0.25, 0.3) is 5.56 Å². The molecule has 2 saturated heterocycles. The number of hydrazine groups is 1. The average Bonchev–Trinajstić information content (AvgIpc) is 3.53. The number of hydrogen-bond acceptors (Lipinski definition) is 13. The Morgan fingerprint density at radius 1 is 1.22 bits per heavy atom. The summed E-state index contributed by atoms with van der Waals surface area (Å²) in [6.45, 7) is 12.3. The lowest BCUT2D eigenvalue weighted by Crippen LogP contribution is -2.36. The summed E-state index contributed by atoms with van der Waals surface area (Å²) in [6, 6.07) is 2.97. The maximum Gasteiger partial charge on any atom is 0.426 e. The van der Waals surface area contributed by atoms with E-state index in [4.69, 9.17) is 29.4 Å². The number of hydrogen-bond donors (Lipinski definition) is 4. The molecule has 4 atom stereocenters. The predicted octanol–water partition coefficient (Wildman–Crippen LogP) is 1.57. The largest absolute Gasteiger partial charge is 0.462 e. The molecular formula is C28H36N8O9. The van der Waals surface area contributed by atoms with Gasteiger partial charge in [0.2, 0.25) is 5.95 Å². The number of aromatic nitrogens is 5. The number of nitrogens with zero attached hydrogens (tertiary/aromatic N) is 4. The lowest BCUT2D eigenvalue weighted by Gasteiger charge is -2.24. The highest BCUT2D eigenvalue weighted by Crippen LogP contribution is 2.44. The first kappa shape index (κ1) is 31.7. The summed E-state index contributed by atoms with van der Waals surface area (Å²) < 4.78 is 31.6. The number of nitrogen functional groups attached to an aromatic ring is 1. The highest BCUT2D eigenvalue weighted by molar-refractivity contribution is 5.89. The van der Waals surface area contributed by atoms with Crippen molar-refractivity contribution >= 4 is 35.0 Å². The number of anilines is 2. The van der Waals surface area contributed by atoms with Gasteiger partial charge in [-0.1, -0.05) is 6.08 Å². The first-order valence-corrected chi connectivity index (χ1v) is 14.2. The molecule has 0 bridgehead atoms. The Balaban J connectivity index is 1.27. The molecule has 2 fully saturated rings. The van der Waals surface area contributed by atoms with Gasteiger partial charge in [-0.15, -0.1) is 6.58 Å². The number of fused-ring (bicyclic) bond motifs is 2. The second-order valence-corrected chi connectivity index (χ2v) is 11.9. The zero-order valence-electron chi connectivity index (χ0n) is 25.5. The van der Waals surface area contributed by atoms with Gasteiger partial charge in [0.05, 0.1) is 18.3 Å². The molecule has 0 radical (unpaired) electrons. The molecule has 2 aliphatic heterocycles. The molecule has 0 aliphatic carbocycles. The molecule has 242 valence electrons. The van der Waals surface area contributed by atoms with Gasteiger partial charge in [0.1, 0.15) is 23.6 Å². The smallest absolute Gasteiger partial charge is 0.426 e. The maximum atomic E-state index is 13.6. The van der Waals surface area contributed by atoms with Crippen molar-refractivity contribution in [2.45, 2.75) is 83.5 Å². The minimum absolute atomic E-state index is 0.0141. The van der Waals surface area contributed by atoms with Crippen LogP contribution in [0.15, 0.2) is 40.6 Å². The van der Waals surface area contributed by atoms with E-state index < -0.39 is 59.2 Å². The lowest BCUT2D eigenvalue weighted by molar-refractivity contribution is -0.198. The first-order valence-electron chi connectivity index (χ1n) is 14.2. The Hall–Kier alpha value is -4.74. The molecule has 3 aromatic heterocycles. The summed E-state index contributed by atoms with van der Waals surface area (Å²) in [7, 11) is 0. The van der Waals surface area contributed by atoms with Crippen LogP contribution in [0.4, 0.5) is 16.6 Å². The minimum Gasteiger partial charge on any atom is -0.462 e. The van der Waals surface area contributed by atoms with Crippen LogP contribution in [0.25, 0.3) is 11.2 Å². The number of ether oxygens (including phenoxy) is 5. The number of nitrogens with two attached hydrogens (primary N) is 1. The number of H-pyrrole nitrogens is 1. The number of nitrogens with one attached hydrogen (secondary N) is 3. The number of pyridine rings is 1. The maximum absolute atomic E-state index is 13.6. The third-order valence-electron chi connectivity index (χ3n) is 6.85. The van der Waals surface area contributed by atoms with Gasteiger partial charge in [-0.3, -0.25) is 19.8 Å². The van der Waals surface area contributed by atoms with E-state index in [0.717, 1.165) is 0 Å². The molecule has 5 N–H and O–H groups in total. The predicted molar refractivity (Wildman–Crippen MR) is 159 cm³/mol. The van der Waals surface area contributed by atoms with Crippen molar-refractivity contribution in [2.75, 3.05) is 17.8 Å². The topological polar surface area (TPSA) is 216 Å². The van der Waals surface area contributed by atoms with E-state index in [-0.39, 0.29) is 48.1 Å². The zero-order chi connectivity index (χ0) is 32.7. The molecule has 1 amide bonds. The van der Waals surface area contributed by atoms with Gasteiger partial charge in [-0.05, 0) is 46.8 Å². The van der Waals surface area contributed by atoms with E-state index in [2.05, 4.69) is 32.4 Å². The summed E-state index contributed by atoms with van der Waals surface area (Å²) in [6.07, 6.45) is -0.761. The van der Waals surface area contributed by atoms with E-state index >= 15 is 0 Å². The van der Waals surface area contributed by atoms with Crippen molar-refractivity contribution < 1.29 is 33.3 Å². The molecular weight excluding hydrogens is 592 g/mol. The van der Waals surface area contributed by atoms with Crippen molar-refractivity contribution in [1.82, 2.24) is 29.5 Å². The molecule has 0 spiro atoms. The SMILES string of the molecule is C=CCn1c(=O)n(C2O[C@H](CCOC(=O)c3ccc(NNC(=O)OC(C)(C)C)nc3)[C@H]3OC(C)(C)O[C@@H]23)c2nc(N)[nH]c(=O)c21. The number of esters is 1. The number of carbonyl (C=O) groups is 2. The zero-order valence-corrected chi connectivity index (χ0v) is 25.5. The first-order chi connectivity index (χ1) is 21.2. The van der Waals surface area contributed by atoms with Crippen molar-refractivity contribution in [3.8, 4) is 0 Å². The summed E-state index contributed by atoms with van der Waals surface area (Å²) in [5, 5.41) is 0. The summed E-state index contributed by atoms with van der Waals surface area (Å²) in [4.78, 5) is 61.6.